The lowest BCUT2D eigenvalue weighted by molar-refractivity contribution is -0.158. The van der Waals surface area contributed by atoms with E-state index in [0.29, 0.717) is 5.92 Å². The molecule has 0 amide bonds. The Balaban J connectivity index is 1.73. The molecule has 1 atom stereocenters. The first-order chi connectivity index (χ1) is 10.1. The summed E-state index contributed by atoms with van der Waals surface area (Å²) in [4.78, 5) is 15.2. The highest BCUT2D eigenvalue weighted by molar-refractivity contribution is 5.83. The van der Waals surface area contributed by atoms with Crippen LogP contribution in [0.1, 0.15) is 38.2 Å². The minimum absolute atomic E-state index is 0.0225. The van der Waals surface area contributed by atoms with Crippen molar-refractivity contribution >= 4 is 5.97 Å². The molecule has 2 aliphatic rings. The molecule has 1 unspecified atom stereocenters. The Bertz CT molecular complexity index is 489. The fraction of sp³-hybridized carbons (Fsp3) is 0.611. The number of piperidine rings is 1. The predicted molar refractivity (Wildman–Crippen MR) is 83.1 cm³/mol. The maximum atomic E-state index is 12.9. The average Bonchev–Trinajstić information content (AvgIpc) is 3.34. The molecule has 0 spiro atoms. The molecule has 1 aliphatic carbocycles. The van der Waals surface area contributed by atoms with Crippen molar-refractivity contribution in [1.29, 1.82) is 0 Å². The molecule has 0 N–H and O–H groups in total. The van der Waals surface area contributed by atoms with Gasteiger partial charge in [0.15, 0.2) is 0 Å². The molecule has 1 aliphatic heterocycles. The Labute approximate surface area is 127 Å². The molecule has 3 heteroatoms. The average molecular weight is 287 g/mol. The fourth-order valence-corrected chi connectivity index (χ4v) is 3.34. The van der Waals surface area contributed by atoms with Gasteiger partial charge in [0, 0.05) is 13.1 Å². The van der Waals surface area contributed by atoms with Crippen LogP contribution in [0.25, 0.3) is 0 Å². The van der Waals surface area contributed by atoms with Crippen LogP contribution in [-0.4, -0.2) is 37.1 Å². The summed E-state index contributed by atoms with van der Waals surface area (Å²) in [6, 6.07) is 10.2. The quantitative estimate of drug-likeness (QED) is 0.797. The second-order valence-electron chi connectivity index (χ2n) is 6.75. The van der Waals surface area contributed by atoms with Crippen molar-refractivity contribution in [1.82, 2.24) is 4.90 Å². The van der Waals surface area contributed by atoms with Crippen LogP contribution in [0.3, 0.4) is 0 Å². The lowest BCUT2D eigenvalue weighted by Crippen LogP contribution is -2.42. The number of rotatable bonds is 4. The van der Waals surface area contributed by atoms with Gasteiger partial charge < -0.3 is 9.64 Å². The van der Waals surface area contributed by atoms with Gasteiger partial charge in [0.2, 0.25) is 0 Å². The van der Waals surface area contributed by atoms with Crippen molar-refractivity contribution in [2.75, 3.05) is 20.1 Å². The van der Waals surface area contributed by atoms with E-state index in [4.69, 9.17) is 4.74 Å². The highest BCUT2D eigenvalue weighted by Crippen LogP contribution is 2.48. The van der Waals surface area contributed by atoms with E-state index in [0.717, 1.165) is 44.3 Å². The Morgan fingerprint density at radius 1 is 1.14 bits per heavy atom. The zero-order chi connectivity index (χ0) is 14.9. The van der Waals surface area contributed by atoms with Crippen LogP contribution in [0.4, 0.5) is 0 Å². The van der Waals surface area contributed by atoms with E-state index in [1.807, 2.05) is 18.2 Å². The van der Waals surface area contributed by atoms with Gasteiger partial charge in [-0.1, -0.05) is 30.3 Å². The van der Waals surface area contributed by atoms with E-state index >= 15 is 0 Å². The van der Waals surface area contributed by atoms with Crippen LogP contribution in [0.15, 0.2) is 30.3 Å². The first kappa shape index (κ1) is 14.6. The Hall–Kier alpha value is -1.35. The molecular formula is C18H25NO2. The number of benzene rings is 1. The number of nitrogens with zero attached hydrogens (tertiary/aromatic N) is 1. The second-order valence-corrected chi connectivity index (χ2v) is 6.75. The van der Waals surface area contributed by atoms with Gasteiger partial charge in [-0.15, -0.1) is 0 Å². The van der Waals surface area contributed by atoms with E-state index in [-0.39, 0.29) is 12.1 Å². The first-order valence-electron chi connectivity index (χ1n) is 8.06. The molecule has 114 valence electrons. The summed E-state index contributed by atoms with van der Waals surface area (Å²) in [6.45, 7) is 4.10. The minimum atomic E-state index is -0.468. The number of hydrogen-bond donors (Lipinski definition) is 0. The van der Waals surface area contributed by atoms with Crippen molar-refractivity contribution in [3.8, 4) is 0 Å². The summed E-state index contributed by atoms with van der Waals surface area (Å²) in [7, 11) is 2.12. The molecule has 3 nitrogen and oxygen atoms in total. The molecule has 1 saturated heterocycles. The number of carbonyl (C=O) groups excluding carboxylic acids is 1. The SMILES string of the molecule is CN1CCC(OC(=O)C(C)(c2ccccc2)C2CC2)CC1. The van der Waals surface area contributed by atoms with Crippen molar-refractivity contribution in [3.63, 3.8) is 0 Å². The van der Waals surface area contributed by atoms with Crippen molar-refractivity contribution < 1.29 is 9.53 Å². The van der Waals surface area contributed by atoms with E-state index < -0.39 is 5.41 Å². The zero-order valence-electron chi connectivity index (χ0n) is 13.0. The highest BCUT2D eigenvalue weighted by Gasteiger charge is 2.50. The van der Waals surface area contributed by atoms with Crippen LogP contribution in [0.5, 0.6) is 0 Å². The summed E-state index contributed by atoms with van der Waals surface area (Å²) in [5, 5.41) is 0. The zero-order valence-corrected chi connectivity index (χ0v) is 13.0. The molecule has 1 aromatic carbocycles. The maximum Gasteiger partial charge on any atom is 0.316 e. The lowest BCUT2D eigenvalue weighted by atomic mass is 9.78. The summed E-state index contributed by atoms with van der Waals surface area (Å²) in [6.07, 6.45) is 4.27. The summed E-state index contributed by atoms with van der Waals surface area (Å²) in [5.41, 5.74) is 0.635. The highest BCUT2D eigenvalue weighted by atomic mass is 16.5. The molecule has 0 radical (unpaired) electrons. The predicted octanol–water partition coefficient (Wildman–Crippen LogP) is 2.99. The van der Waals surface area contributed by atoms with Gasteiger partial charge in [0.05, 0.1) is 5.41 Å². The Morgan fingerprint density at radius 2 is 1.76 bits per heavy atom. The van der Waals surface area contributed by atoms with Crippen molar-refractivity contribution in [2.45, 2.75) is 44.1 Å². The van der Waals surface area contributed by atoms with Gasteiger partial charge >= 0.3 is 5.97 Å². The van der Waals surface area contributed by atoms with Crippen LogP contribution < -0.4 is 0 Å². The van der Waals surface area contributed by atoms with Crippen LogP contribution in [0, 0.1) is 5.92 Å². The van der Waals surface area contributed by atoms with Gasteiger partial charge in [-0.2, -0.15) is 0 Å². The molecule has 3 rings (SSSR count). The number of likely N-dealkylation sites (tertiary alicyclic amines) is 1. The van der Waals surface area contributed by atoms with Crippen LogP contribution in [-0.2, 0) is 14.9 Å². The normalized spacial score (nSPS) is 23.5. The number of esters is 1. The van der Waals surface area contributed by atoms with Gasteiger partial charge in [0.25, 0.3) is 0 Å². The molecular weight excluding hydrogens is 262 g/mol. The van der Waals surface area contributed by atoms with E-state index in [9.17, 15) is 4.79 Å². The number of carbonyl (C=O) groups is 1. The lowest BCUT2D eigenvalue weighted by Gasteiger charge is -2.33. The van der Waals surface area contributed by atoms with E-state index in [1.54, 1.807) is 0 Å². The van der Waals surface area contributed by atoms with Crippen LogP contribution in [0.2, 0.25) is 0 Å². The second kappa shape index (κ2) is 5.80. The van der Waals surface area contributed by atoms with E-state index in [1.165, 1.54) is 0 Å². The van der Waals surface area contributed by atoms with Gasteiger partial charge in [0.1, 0.15) is 6.10 Å². The molecule has 1 aromatic rings. The molecule has 21 heavy (non-hydrogen) atoms. The molecule has 1 heterocycles. The molecule has 0 bridgehead atoms. The molecule has 2 fully saturated rings. The van der Waals surface area contributed by atoms with Gasteiger partial charge in [-0.3, -0.25) is 4.79 Å². The van der Waals surface area contributed by atoms with E-state index in [2.05, 4.69) is 31.0 Å². The standard InChI is InChI=1S/C18H25NO2/c1-18(15-8-9-15,14-6-4-3-5-7-14)17(20)21-16-10-12-19(2)13-11-16/h3-7,15-16H,8-13H2,1-2H3. The third-order valence-corrected chi connectivity index (χ3v) is 5.13. The smallest absolute Gasteiger partial charge is 0.316 e. The Kier molecular flexibility index (Phi) is 4.03. The van der Waals surface area contributed by atoms with Crippen molar-refractivity contribution in [2.24, 2.45) is 5.92 Å². The summed E-state index contributed by atoms with van der Waals surface area (Å²) < 4.78 is 5.89. The third-order valence-electron chi connectivity index (χ3n) is 5.13. The van der Waals surface area contributed by atoms with Crippen molar-refractivity contribution in [3.05, 3.63) is 35.9 Å². The largest absolute Gasteiger partial charge is 0.462 e. The number of ether oxygens (including phenoxy) is 1. The summed E-state index contributed by atoms with van der Waals surface area (Å²) >= 11 is 0. The maximum absolute atomic E-state index is 12.9. The fourth-order valence-electron chi connectivity index (χ4n) is 3.34. The topological polar surface area (TPSA) is 29.5 Å². The summed E-state index contributed by atoms with van der Waals surface area (Å²) in [5.74, 6) is 0.421. The van der Waals surface area contributed by atoms with Gasteiger partial charge in [-0.05, 0) is 51.1 Å². The minimum Gasteiger partial charge on any atom is -0.462 e. The van der Waals surface area contributed by atoms with Gasteiger partial charge in [-0.25, -0.2) is 0 Å². The molecule has 1 saturated carbocycles. The first-order valence-corrected chi connectivity index (χ1v) is 8.06. The Morgan fingerprint density at radius 3 is 2.33 bits per heavy atom. The number of hydrogen-bond acceptors (Lipinski definition) is 3. The molecule has 0 aromatic heterocycles. The monoisotopic (exact) mass is 287 g/mol. The van der Waals surface area contributed by atoms with Crippen LogP contribution >= 0.6 is 0 Å². The third kappa shape index (κ3) is 2.98.